The van der Waals surface area contributed by atoms with Gasteiger partial charge in [0.2, 0.25) is 11.8 Å². The highest BCUT2D eigenvalue weighted by molar-refractivity contribution is 5.82. The molecule has 6 nitrogen and oxygen atoms in total. The van der Waals surface area contributed by atoms with Crippen molar-refractivity contribution >= 4 is 11.8 Å². The van der Waals surface area contributed by atoms with Crippen molar-refractivity contribution in [3.05, 3.63) is 34.2 Å². The molecule has 1 aromatic rings. The zero-order valence-corrected chi connectivity index (χ0v) is 15.2. The molecular weight excluding hydrogens is 356 g/mol. The van der Waals surface area contributed by atoms with E-state index in [0.717, 1.165) is 0 Å². The third-order valence-electron chi connectivity index (χ3n) is 6.05. The summed E-state index contributed by atoms with van der Waals surface area (Å²) in [5.41, 5.74) is 0.424. The van der Waals surface area contributed by atoms with E-state index in [0.29, 0.717) is 25.2 Å². The van der Waals surface area contributed by atoms with Crippen LogP contribution in [0, 0.1) is 5.92 Å². The highest BCUT2D eigenvalue weighted by atomic mass is 19.3. The van der Waals surface area contributed by atoms with Crippen molar-refractivity contribution in [2.45, 2.75) is 44.1 Å². The summed E-state index contributed by atoms with van der Waals surface area (Å²) in [6, 6.07) is 4.02. The van der Waals surface area contributed by atoms with E-state index in [2.05, 4.69) is 0 Å². The molecule has 0 radical (unpaired) electrons. The summed E-state index contributed by atoms with van der Waals surface area (Å²) in [4.78, 5) is 40.7. The number of alkyl halides is 2. The molecule has 1 aromatic heterocycles. The van der Waals surface area contributed by atoms with Crippen molar-refractivity contribution in [3.8, 4) is 0 Å². The maximum Gasteiger partial charge on any atom is 0.265 e. The lowest BCUT2D eigenvalue weighted by molar-refractivity contribution is -0.150. The number of hydrogen-bond acceptors (Lipinski definition) is 3. The monoisotopic (exact) mass is 379 g/mol. The van der Waals surface area contributed by atoms with Crippen molar-refractivity contribution < 1.29 is 18.4 Å². The summed E-state index contributed by atoms with van der Waals surface area (Å²) < 4.78 is 29.2. The first-order valence-electron chi connectivity index (χ1n) is 9.40. The van der Waals surface area contributed by atoms with Crippen molar-refractivity contribution in [1.82, 2.24) is 14.4 Å². The quantitative estimate of drug-likeness (QED) is 0.745. The fraction of sp³-hybridized carbons (Fsp3) is 0.632. The molecule has 2 amide bonds. The zero-order chi connectivity index (χ0) is 19.3. The second-order valence-electron chi connectivity index (χ2n) is 7.94. The van der Waals surface area contributed by atoms with Crippen LogP contribution in [-0.2, 0) is 9.59 Å². The Morgan fingerprint density at radius 1 is 1.19 bits per heavy atom. The van der Waals surface area contributed by atoms with E-state index in [1.54, 1.807) is 17.0 Å². The number of amides is 2. The van der Waals surface area contributed by atoms with Crippen LogP contribution in [0.15, 0.2) is 23.0 Å². The largest absolute Gasteiger partial charge is 0.342 e. The summed E-state index contributed by atoms with van der Waals surface area (Å²) in [6.07, 6.45) is 0.699. The Hall–Kier alpha value is -2.25. The summed E-state index contributed by atoms with van der Waals surface area (Å²) >= 11 is 0. The lowest BCUT2D eigenvalue weighted by atomic mass is 9.77. The molecular formula is C19H23F2N3O3. The number of fused-ring (bicyclic) bond motifs is 4. The molecule has 3 aliphatic heterocycles. The second-order valence-corrected chi connectivity index (χ2v) is 7.94. The summed E-state index contributed by atoms with van der Waals surface area (Å²) in [5, 5.41) is 0. The van der Waals surface area contributed by atoms with Gasteiger partial charge in [0.1, 0.15) is 6.04 Å². The predicted molar refractivity (Wildman–Crippen MR) is 93.6 cm³/mol. The van der Waals surface area contributed by atoms with Gasteiger partial charge in [-0.05, 0) is 18.9 Å². The minimum atomic E-state index is -2.90. The fourth-order valence-electron chi connectivity index (χ4n) is 4.85. The van der Waals surface area contributed by atoms with Gasteiger partial charge < -0.3 is 9.80 Å². The van der Waals surface area contributed by atoms with Gasteiger partial charge in [-0.25, -0.2) is 8.78 Å². The van der Waals surface area contributed by atoms with E-state index in [-0.39, 0.29) is 42.7 Å². The lowest BCUT2D eigenvalue weighted by Gasteiger charge is -2.47. The van der Waals surface area contributed by atoms with Gasteiger partial charge in [-0.15, -0.1) is 0 Å². The van der Waals surface area contributed by atoms with Gasteiger partial charge in [-0.1, -0.05) is 6.07 Å². The topological polar surface area (TPSA) is 62.6 Å². The molecule has 27 heavy (non-hydrogen) atoms. The smallest absolute Gasteiger partial charge is 0.265 e. The van der Waals surface area contributed by atoms with Crippen molar-refractivity contribution in [2.24, 2.45) is 5.92 Å². The van der Waals surface area contributed by atoms with Gasteiger partial charge in [0.05, 0.1) is 6.54 Å². The molecule has 0 aromatic carbocycles. The minimum absolute atomic E-state index is 0.0200. The number of likely N-dealkylation sites (tertiary alicyclic amines) is 2. The first-order chi connectivity index (χ1) is 12.8. The van der Waals surface area contributed by atoms with E-state index in [1.165, 1.54) is 22.5 Å². The van der Waals surface area contributed by atoms with Crippen molar-refractivity contribution in [2.75, 3.05) is 26.2 Å². The molecule has 2 bridgehead atoms. The maximum atomic E-state index is 13.9. The molecule has 4 heterocycles. The number of piperidine rings is 2. The Bertz CT molecular complexity index is 838. The number of halogens is 2. The number of rotatable bonds is 1. The van der Waals surface area contributed by atoms with Crippen LogP contribution in [0.25, 0.3) is 0 Å². The van der Waals surface area contributed by atoms with Gasteiger partial charge in [0.15, 0.2) is 0 Å². The zero-order valence-electron chi connectivity index (χ0n) is 15.2. The molecule has 146 valence electrons. The van der Waals surface area contributed by atoms with Crippen LogP contribution in [0.2, 0.25) is 0 Å². The average Bonchev–Trinajstić information content (AvgIpc) is 2.61. The minimum Gasteiger partial charge on any atom is -0.342 e. The van der Waals surface area contributed by atoms with Crippen molar-refractivity contribution in [1.29, 1.82) is 0 Å². The van der Waals surface area contributed by atoms with Crippen LogP contribution in [0.4, 0.5) is 8.78 Å². The Morgan fingerprint density at radius 2 is 1.96 bits per heavy atom. The molecule has 0 saturated carbocycles. The van der Waals surface area contributed by atoms with Gasteiger partial charge in [-0.3, -0.25) is 19.0 Å². The van der Waals surface area contributed by atoms with Crippen LogP contribution in [0.5, 0.6) is 0 Å². The molecule has 0 N–H and O–H groups in total. The second kappa shape index (κ2) is 6.42. The maximum absolute atomic E-state index is 13.9. The molecule has 3 aliphatic rings. The summed E-state index contributed by atoms with van der Waals surface area (Å²) in [5.74, 6) is -3.67. The average molecular weight is 379 g/mol. The molecule has 0 aliphatic carbocycles. The fourth-order valence-corrected chi connectivity index (χ4v) is 4.85. The summed E-state index contributed by atoms with van der Waals surface area (Å²) in [7, 11) is 0. The van der Waals surface area contributed by atoms with E-state index < -0.39 is 24.4 Å². The van der Waals surface area contributed by atoms with Crippen LogP contribution in [0.1, 0.15) is 43.8 Å². The molecule has 4 rings (SSSR count). The van der Waals surface area contributed by atoms with Gasteiger partial charge in [0, 0.05) is 56.6 Å². The number of carbonyl (C=O) groups is 2. The Morgan fingerprint density at radius 3 is 2.67 bits per heavy atom. The molecule has 0 spiro atoms. The van der Waals surface area contributed by atoms with Gasteiger partial charge in [0.25, 0.3) is 11.5 Å². The number of hydrogen-bond donors (Lipinski definition) is 0. The first-order valence-corrected chi connectivity index (χ1v) is 9.40. The van der Waals surface area contributed by atoms with E-state index in [4.69, 9.17) is 0 Å². The van der Waals surface area contributed by atoms with Crippen LogP contribution in [-0.4, -0.2) is 58.3 Å². The SMILES string of the molecule is CC(=O)N1C[C@H]2C[C@@H](C1)[C@H](C(=O)N1CCCC(F)(F)C1)n1c2cccc1=O. The molecule has 8 heteroatoms. The Labute approximate surface area is 155 Å². The van der Waals surface area contributed by atoms with Gasteiger partial charge in [-0.2, -0.15) is 0 Å². The molecule has 2 saturated heterocycles. The third-order valence-corrected chi connectivity index (χ3v) is 6.05. The molecule has 0 unspecified atom stereocenters. The Kier molecular flexibility index (Phi) is 4.31. The predicted octanol–water partition coefficient (Wildman–Crippen LogP) is 1.61. The normalized spacial score (nSPS) is 29.2. The van der Waals surface area contributed by atoms with Crippen LogP contribution in [0.3, 0.4) is 0 Å². The van der Waals surface area contributed by atoms with Crippen LogP contribution < -0.4 is 5.56 Å². The molecule has 3 atom stereocenters. The number of nitrogens with zero attached hydrogens (tertiary/aromatic N) is 3. The highest BCUT2D eigenvalue weighted by Gasteiger charge is 2.47. The number of aromatic nitrogens is 1. The van der Waals surface area contributed by atoms with E-state index >= 15 is 0 Å². The van der Waals surface area contributed by atoms with Gasteiger partial charge >= 0.3 is 0 Å². The Balaban J connectivity index is 1.74. The van der Waals surface area contributed by atoms with E-state index in [9.17, 15) is 23.2 Å². The highest BCUT2D eigenvalue weighted by Crippen LogP contribution is 2.42. The van der Waals surface area contributed by atoms with Crippen LogP contribution >= 0.6 is 0 Å². The lowest BCUT2D eigenvalue weighted by Crippen LogP contribution is -2.56. The standard InChI is InChI=1S/C19H23F2N3O3/c1-12(25)23-9-13-8-14(10-23)17(24-15(13)4-2-5-16(24)26)18(27)22-7-3-6-19(20,21)11-22/h2,4-5,13-14,17H,3,6-11H2,1H3/t13-,14+,17-/m1/s1. The summed E-state index contributed by atoms with van der Waals surface area (Å²) in [6.45, 7) is 2.03. The van der Waals surface area contributed by atoms with E-state index in [1.807, 2.05) is 0 Å². The third kappa shape index (κ3) is 3.15. The number of carbonyl (C=O) groups excluding carboxylic acids is 2. The number of pyridine rings is 1. The molecule has 2 fully saturated rings. The first kappa shape index (κ1) is 18.1. The van der Waals surface area contributed by atoms with Crippen molar-refractivity contribution in [3.63, 3.8) is 0 Å².